The molecule has 1 N–H and O–H groups in total. The smallest absolute Gasteiger partial charge is 0.289 e. The van der Waals surface area contributed by atoms with Crippen molar-refractivity contribution in [2.75, 3.05) is 0 Å². The molecule has 0 bridgehead atoms. The van der Waals surface area contributed by atoms with Crippen LogP contribution in [0.25, 0.3) is 0 Å². The number of aryl methyl sites for hydroxylation is 2. The molecule has 2 rings (SSSR count). The summed E-state index contributed by atoms with van der Waals surface area (Å²) in [7, 11) is 0. The Bertz CT molecular complexity index is 769. The van der Waals surface area contributed by atoms with Gasteiger partial charge in [-0.3, -0.25) is 24.5 Å². The summed E-state index contributed by atoms with van der Waals surface area (Å²) in [6.45, 7) is 3.97. The Morgan fingerprint density at radius 1 is 1.25 bits per heavy atom. The largest absolute Gasteiger partial charge is 0.350 e. The monoisotopic (exact) mass is 275 g/mol. The molecule has 7 heteroatoms. The second kappa shape index (κ2) is 5.12. The highest BCUT2D eigenvalue weighted by molar-refractivity contribution is 5.34. The van der Waals surface area contributed by atoms with E-state index in [1.807, 2.05) is 37.0 Å². The molecule has 1 aromatic carbocycles. The summed E-state index contributed by atoms with van der Waals surface area (Å²) in [6.07, 6.45) is 0.979. The molecule has 0 spiro atoms. The van der Waals surface area contributed by atoms with Crippen molar-refractivity contribution in [3.63, 3.8) is 0 Å². The van der Waals surface area contributed by atoms with Crippen molar-refractivity contribution in [3.05, 3.63) is 72.0 Å². The number of nitrogens with zero attached hydrogens (tertiary/aromatic N) is 2. The summed E-state index contributed by atoms with van der Waals surface area (Å²) >= 11 is 0. The first-order valence-corrected chi connectivity index (χ1v) is 5.93. The molecular weight excluding hydrogens is 262 g/mol. The van der Waals surface area contributed by atoms with E-state index in [2.05, 4.69) is 0 Å². The zero-order chi connectivity index (χ0) is 14.9. The maximum Gasteiger partial charge on any atom is 0.350 e. The molecule has 0 radical (unpaired) electrons. The number of nitrogens with one attached hydrogen (secondary N) is 1. The van der Waals surface area contributed by atoms with E-state index in [1.165, 1.54) is 0 Å². The van der Waals surface area contributed by atoms with Crippen molar-refractivity contribution < 1.29 is 4.92 Å². The highest BCUT2D eigenvalue weighted by atomic mass is 16.6. The molecule has 7 nitrogen and oxygen atoms in total. The highest BCUT2D eigenvalue weighted by Gasteiger charge is 2.15. The Hall–Kier alpha value is -2.70. The van der Waals surface area contributed by atoms with Crippen LogP contribution in [0.1, 0.15) is 16.7 Å². The van der Waals surface area contributed by atoms with Gasteiger partial charge >= 0.3 is 16.9 Å². The minimum absolute atomic E-state index is 0.176. The number of aromatic nitrogens is 2. The van der Waals surface area contributed by atoms with E-state index >= 15 is 0 Å². The maximum absolute atomic E-state index is 11.7. The molecule has 20 heavy (non-hydrogen) atoms. The van der Waals surface area contributed by atoms with Crippen LogP contribution in [0.4, 0.5) is 5.69 Å². The van der Waals surface area contributed by atoms with Crippen LogP contribution < -0.4 is 11.2 Å². The molecule has 2 aromatic rings. The van der Waals surface area contributed by atoms with Crippen molar-refractivity contribution >= 4 is 5.69 Å². The van der Waals surface area contributed by atoms with Gasteiger partial charge in [0, 0.05) is 0 Å². The summed E-state index contributed by atoms with van der Waals surface area (Å²) < 4.78 is 1.13. The molecule has 104 valence electrons. The minimum atomic E-state index is -0.988. The average Bonchev–Trinajstić information content (AvgIpc) is 2.35. The number of H-pyrrole nitrogens is 1. The van der Waals surface area contributed by atoms with Gasteiger partial charge in [0.15, 0.2) is 0 Å². The van der Waals surface area contributed by atoms with E-state index in [0.717, 1.165) is 27.5 Å². The molecule has 0 aliphatic rings. The van der Waals surface area contributed by atoms with Crippen LogP contribution in [0.5, 0.6) is 0 Å². The van der Waals surface area contributed by atoms with Crippen LogP contribution in [-0.4, -0.2) is 14.5 Å². The molecule has 1 aromatic heterocycles. The van der Waals surface area contributed by atoms with Crippen LogP contribution in [-0.2, 0) is 6.54 Å². The van der Waals surface area contributed by atoms with Crippen molar-refractivity contribution in [2.45, 2.75) is 20.4 Å². The van der Waals surface area contributed by atoms with Gasteiger partial charge in [0.25, 0.3) is 0 Å². The third kappa shape index (κ3) is 2.51. The van der Waals surface area contributed by atoms with E-state index in [4.69, 9.17) is 0 Å². The summed E-state index contributed by atoms with van der Waals surface area (Å²) in [5, 5.41) is 10.7. The summed E-state index contributed by atoms with van der Waals surface area (Å²) in [5.74, 6) is 0. The standard InChI is InChI=1S/C13H13N3O4/c1-8-4-3-5-9(2)10(8)6-15-7-11(16(19)20)12(17)14-13(15)18/h3-5,7H,6H2,1-2H3,(H,14,17,18). The van der Waals surface area contributed by atoms with E-state index in [9.17, 15) is 19.7 Å². The second-order valence-electron chi connectivity index (χ2n) is 4.53. The van der Waals surface area contributed by atoms with Gasteiger partial charge in [-0.1, -0.05) is 18.2 Å². The molecule has 0 fully saturated rings. The molecular formula is C13H13N3O4. The van der Waals surface area contributed by atoms with Crippen LogP contribution >= 0.6 is 0 Å². The molecule has 0 atom stereocenters. The normalized spacial score (nSPS) is 10.5. The van der Waals surface area contributed by atoms with Crippen LogP contribution in [0.2, 0.25) is 0 Å². The third-order valence-corrected chi connectivity index (χ3v) is 3.16. The quantitative estimate of drug-likeness (QED) is 0.670. The summed E-state index contributed by atoms with van der Waals surface area (Å²) in [6, 6.07) is 5.69. The van der Waals surface area contributed by atoms with Crippen LogP contribution in [0, 0.1) is 24.0 Å². The van der Waals surface area contributed by atoms with Gasteiger partial charge in [0.1, 0.15) is 0 Å². The first-order valence-electron chi connectivity index (χ1n) is 5.93. The van der Waals surface area contributed by atoms with E-state index in [0.29, 0.717) is 0 Å². The number of rotatable bonds is 3. The minimum Gasteiger partial charge on any atom is -0.289 e. The highest BCUT2D eigenvalue weighted by Crippen LogP contribution is 2.14. The molecule has 0 aliphatic carbocycles. The first-order chi connectivity index (χ1) is 9.40. The summed E-state index contributed by atoms with van der Waals surface area (Å²) in [4.78, 5) is 34.9. The van der Waals surface area contributed by atoms with E-state index in [-0.39, 0.29) is 6.54 Å². The molecule has 1 heterocycles. The average molecular weight is 275 g/mol. The lowest BCUT2D eigenvalue weighted by Crippen LogP contribution is -2.31. The molecule has 0 amide bonds. The SMILES string of the molecule is Cc1cccc(C)c1Cn1cc([N+](=O)[O-])c(=O)[nH]c1=O. The van der Waals surface area contributed by atoms with Gasteiger partial charge in [0.05, 0.1) is 17.7 Å². The Balaban J connectivity index is 2.55. The Labute approximate surface area is 113 Å². The lowest BCUT2D eigenvalue weighted by atomic mass is 10.0. The van der Waals surface area contributed by atoms with Crippen molar-refractivity contribution in [1.82, 2.24) is 9.55 Å². The molecule has 0 saturated carbocycles. The van der Waals surface area contributed by atoms with Crippen molar-refractivity contribution in [2.24, 2.45) is 0 Å². The van der Waals surface area contributed by atoms with Gasteiger partial charge in [0.2, 0.25) is 0 Å². The second-order valence-corrected chi connectivity index (χ2v) is 4.53. The van der Waals surface area contributed by atoms with Gasteiger partial charge in [-0.05, 0) is 30.5 Å². The third-order valence-electron chi connectivity index (χ3n) is 3.16. The van der Waals surface area contributed by atoms with Gasteiger partial charge in [-0.2, -0.15) is 0 Å². The lowest BCUT2D eigenvalue weighted by molar-refractivity contribution is -0.386. The predicted octanol–water partition coefficient (Wildman–Crippen LogP) is 1.11. The number of hydrogen-bond donors (Lipinski definition) is 1. The van der Waals surface area contributed by atoms with Crippen molar-refractivity contribution in [3.8, 4) is 0 Å². The predicted molar refractivity (Wildman–Crippen MR) is 73.0 cm³/mol. The van der Waals surface area contributed by atoms with Gasteiger partial charge < -0.3 is 0 Å². The van der Waals surface area contributed by atoms with Gasteiger partial charge in [-0.25, -0.2) is 4.79 Å². The molecule has 0 aliphatic heterocycles. The molecule has 0 saturated heterocycles. The number of benzene rings is 1. The zero-order valence-corrected chi connectivity index (χ0v) is 11.0. The van der Waals surface area contributed by atoms with Crippen LogP contribution in [0.3, 0.4) is 0 Å². The fourth-order valence-corrected chi connectivity index (χ4v) is 2.01. The topological polar surface area (TPSA) is 98.0 Å². The van der Waals surface area contributed by atoms with Gasteiger partial charge in [-0.15, -0.1) is 0 Å². The Morgan fingerprint density at radius 2 is 1.85 bits per heavy atom. The number of hydrogen-bond acceptors (Lipinski definition) is 4. The van der Waals surface area contributed by atoms with E-state index < -0.39 is 21.9 Å². The molecule has 0 unspecified atom stereocenters. The number of nitro groups is 1. The Morgan fingerprint density at radius 3 is 2.40 bits per heavy atom. The van der Waals surface area contributed by atoms with E-state index in [1.54, 1.807) is 0 Å². The zero-order valence-electron chi connectivity index (χ0n) is 11.0. The number of aromatic amines is 1. The first kappa shape index (κ1) is 13.7. The summed E-state index contributed by atoms with van der Waals surface area (Å²) in [5.41, 5.74) is 0.560. The fourth-order valence-electron chi connectivity index (χ4n) is 2.01. The van der Waals surface area contributed by atoms with Crippen LogP contribution in [0.15, 0.2) is 34.0 Å². The van der Waals surface area contributed by atoms with Crippen molar-refractivity contribution in [1.29, 1.82) is 0 Å². The maximum atomic E-state index is 11.7. The lowest BCUT2D eigenvalue weighted by Gasteiger charge is -2.11. The Kier molecular flexibility index (Phi) is 3.51. The fraction of sp³-hybridized carbons (Fsp3) is 0.231.